The van der Waals surface area contributed by atoms with Crippen LogP contribution in [0.4, 0.5) is 15.9 Å². The highest BCUT2D eigenvalue weighted by Gasteiger charge is 2.21. The zero-order chi connectivity index (χ0) is 31.9. The Morgan fingerprint density at radius 2 is 1.84 bits per heavy atom. The molecule has 0 atom stereocenters. The van der Waals surface area contributed by atoms with Gasteiger partial charge in [-0.25, -0.2) is 14.1 Å². The number of aryl methyl sites for hydroxylation is 1. The van der Waals surface area contributed by atoms with Crippen LogP contribution in [0.3, 0.4) is 0 Å². The molecule has 0 spiro atoms. The molecular weight excluding hydrogens is 575 g/mol. The summed E-state index contributed by atoms with van der Waals surface area (Å²) in [6, 6.07) is 10.3. The first-order valence-electron chi connectivity index (χ1n) is 14.9. The molecule has 6 rings (SSSR count). The largest absolute Gasteiger partial charge is 0.392 e. The lowest BCUT2D eigenvalue weighted by Crippen LogP contribution is -2.34. The highest BCUT2D eigenvalue weighted by atomic mass is 19.1. The number of rotatable bonds is 8. The van der Waals surface area contributed by atoms with Crippen molar-refractivity contribution in [2.45, 2.75) is 64.6 Å². The van der Waals surface area contributed by atoms with Gasteiger partial charge in [-0.1, -0.05) is 39.3 Å². The van der Waals surface area contributed by atoms with Gasteiger partial charge in [-0.15, -0.1) is 0 Å². The molecule has 232 valence electrons. The van der Waals surface area contributed by atoms with E-state index in [4.69, 9.17) is 0 Å². The van der Waals surface area contributed by atoms with Crippen LogP contribution in [0, 0.1) is 5.82 Å². The second-order valence-corrected chi connectivity index (χ2v) is 12.4. The average molecular weight is 611 g/mol. The molecule has 0 bridgehead atoms. The van der Waals surface area contributed by atoms with Gasteiger partial charge in [-0.05, 0) is 48.1 Å². The van der Waals surface area contributed by atoms with Crippen LogP contribution in [-0.2, 0) is 25.6 Å². The van der Waals surface area contributed by atoms with Crippen LogP contribution in [0.15, 0.2) is 64.6 Å². The number of fused-ring (bicyclic) bond motifs is 1. The molecule has 0 radical (unpaired) electrons. The van der Waals surface area contributed by atoms with Gasteiger partial charge in [0.2, 0.25) is 0 Å². The number of nitrogens with zero attached hydrogens (tertiary/aromatic N) is 6. The molecule has 5 aromatic rings. The van der Waals surface area contributed by atoms with Crippen molar-refractivity contribution in [3.8, 4) is 16.9 Å². The van der Waals surface area contributed by atoms with Gasteiger partial charge in [0.05, 0.1) is 47.7 Å². The predicted molar refractivity (Wildman–Crippen MR) is 170 cm³/mol. The molecule has 0 unspecified atom stereocenters. The van der Waals surface area contributed by atoms with Crippen molar-refractivity contribution < 1.29 is 9.50 Å². The molecule has 3 heterocycles. The van der Waals surface area contributed by atoms with E-state index >= 15 is 4.39 Å². The Kier molecular flexibility index (Phi) is 8.02. The SMILES string of the molecule is Cn1nc(-c2cccc(-n3ncc4cc(C(C)(C)C)cc(F)c4c3=O)c2CO)cc(Nc2cnc(CNC3CCC3)cn2)c1=O. The van der Waals surface area contributed by atoms with Crippen molar-refractivity contribution in [3.05, 3.63) is 98.3 Å². The van der Waals surface area contributed by atoms with Gasteiger partial charge in [0.25, 0.3) is 11.1 Å². The lowest BCUT2D eigenvalue weighted by molar-refractivity contribution is 0.281. The topological polar surface area (TPSA) is 140 Å². The molecule has 12 heteroatoms. The number of benzene rings is 2. The van der Waals surface area contributed by atoms with Crippen LogP contribution < -0.4 is 21.8 Å². The summed E-state index contributed by atoms with van der Waals surface area (Å²) in [5.74, 6) is -0.252. The smallest absolute Gasteiger partial charge is 0.290 e. The third-order valence-electron chi connectivity index (χ3n) is 8.23. The van der Waals surface area contributed by atoms with E-state index in [1.165, 1.54) is 43.3 Å². The van der Waals surface area contributed by atoms with Gasteiger partial charge in [0, 0.05) is 36.1 Å². The van der Waals surface area contributed by atoms with Crippen LogP contribution in [0.2, 0.25) is 0 Å². The quantitative estimate of drug-likeness (QED) is 0.235. The van der Waals surface area contributed by atoms with Gasteiger partial charge in [-0.3, -0.25) is 14.6 Å². The monoisotopic (exact) mass is 610 g/mol. The Morgan fingerprint density at radius 3 is 2.51 bits per heavy atom. The first-order valence-corrected chi connectivity index (χ1v) is 14.9. The lowest BCUT2D eigenvalue weighted by Gasteiger charge is -2.26. The van der Waals surface area contributed by atoms with Crippen LogP contribution in [0.5, 0.6) is 0 Å². The molecular formula is C33H35FN8O3. The fourth-order valence-electron chi connectivity index (χ4n) is 5.36. The molecule has 1 fully saturated rings. The fourth-order valence-corrected chi connectivity index (χ4v) is 5.36. The van der Waals surface area contributed by atoms with Crippen molar-refractivity contribution in [1.29, 1.82) is 0 Å². The van der Waals surface area contributed by atoms with Crippen LogP contribution in [0.25, 0.3) is 27.7 Å². The first-order chi connectivity index (χ1) is 21.5. The summed E-state index contributed by atoms with van der Waals surface area (Å²) in [7, 11) is 1.52. The normalized spacial score (nSPS) is 13.6. The lowest BCUT2D eigenvalue weighted by atomic mass is 9.86. The molecule has 2 aromatic carbocycles. The summed E-state index contributed by atoms with van der Waals surface area (Å²) in [4.78, 5) is 35.5. The van der Waals surface area contributed by atoms with Crippen molar-refractivity contribution in [2.24, 2.45) is 7.05 Å². The second-order valence-electron chi connectivity index (χ2n) is 12.4. The van der Waals surface area contributed by atoms with Gasteiger partial charge < -0.3 is 15.7 Å². The number of nitrogens with one attached hydrogen (secondary N) is 2. The number of aliphatic hydroxyl groups excluding tert-OH is 1. The highest BCUT2D eigenvalue weighted by Crippen LogP contribution is 2.30. The number of aromatic nitrogens is 6. The van der Waals surface area contributed by atoms with Gasteiger partial charge in [0.1, 0.15) is 17.3 Å². The second kappa shape index (κ2) is 11.9. The Labute approximate surface area is 258 Å². The summed E-state index contributed by atoms with van der Waals surface area (Å²) in [5.41, 5.74) is 1.80. The molecule has 11 nitrogen and oxygen atoms in total. The standard InChI is InChI=1S/C33H35FN8O3/c1-33(2,3)20-11-19-14-38-42(32(45)30(19)25(34)12-20)28-10-6-9-23(24(28)18-43)26-13-27(31(44)41(4)40-26)39-29-17-36-22(16-37-29)15-35-21-7-5-8-21/h6,9-14,16-17,21,35,43H,5,7-8,15,18H2,1-4H3,(H,37,39). The Hall–Kier alpha value is -4.81. The fraction of sp³-hybridized carbons (Fsp3) is 0.333. The van der Waals surface area contributed by atoms with Gasteiger partial charge in [-0.2, -0.15) is 14.9 Å². The summed E-state index contributed by atoms with van der Waals surface area (Å²) in [6.45, 7) is 6.05. The summed E-state index contributed by atoms with van der Waals surface area (Å²) in [6.07, 6.45) is 8.28. The third kappa shape index (κ3) is 5.98. The molecule has 3 N–H and O–H groups in total. The highest BCUT2D eigenvalue weighted by molar-refractivity contribution is 5.83. The molecule has 0 saturated heterocycles. The number of hydrogen-bond donors (Lipinski definition) is 3. The Balaban J connectivity index is 1.35. The minimum absolute atomic E-state index is 0.0926. The van der Waals surface area contributed by atoms with E-state index < -0.39 is 23.5 Å². The van der Waals surface area contributed by atoms with Crippen LogP contribution >= 0.6 is 0 Å². The molecule has 1 aliphatic carbocycles. The van der Waals surface area contributed by atoms with E-state index in [-0.39, 0.29) is 22.2 Å². The van der Waals surface area contributed by atoms with Gasteiger partial charge >= 0.3 is 0 Å². The van der Waals surface area contributed by atoms with E-state index in [2.05, 4.69) is 30.8 Å². The molecule has 45 heavy (non-hydrogen) atoms. The zero-order valence-electron chi connectivity index (χ0n) is 25.6. The third-order valence-corrected chi connectivity index (χ3v) is 8.23. The van der Waals surface area contributed by atoms with E-state index in [1.807, 2.05) is 20.8 Å². The van der Waals surface area contributed by atoms with Crippen molar-refractivity contribution in [1.82, 2.24) is 34.8 Å². The Bertz CT molecular complexity index is 2010. The minimum atomic E-state index is -0.655. The van der Waals surface area contributed by atoms with E-state index in [0.29, 0.717) is 40.6 Å². The van der Waals surface area contributed by atoms with Crippen LogP contribution in [-0.4, -0.2) is 40.7 Å². The van der Waals surface area contributed by atoms with Crippen molar-refractivity contribution >= 4 is 22.3 Å². The number of halogens is 1. The Morgan fingerprint density at radius 1 is 1.04 bits per heavy atom. The predicted octanol–water partition coefficient (Wildman–Crippen LogP) is 4.25. The molecule has 1 saturated carbocycles. The van der Waals surface area contributed by atoms with E-state index in [9.17, 15) is 14.7 Å². The maximum Gasteiger partial charge on any atom is 0.290 e. The number of anilines is 2. The molecule has 1 aliphatic rings. The molecule has 3 aromatic heterocycles. The first kappa shape index (κ1) is 30.2. The van der Waals surface area contributed by atoms with E-state index in [0.717, 1.165) is 15.9 Å². The summed E-state index contributed by atoms with van der Waals surface area (Å²) >= 11 is 0. The maximum atomic E-state index is 15.3. The van der Waals surface area contributed by atoms with Crippen molar-refractivity contribution in [3.63, 3.8) is 0 Å². The maximum absolute atomic E-state index is 15.3. The zero-order valence-corrected chi connectivity index (χ0v) is 25.6. The number of aliphatic hydroxyl groups is 1. The molecule has 0 amide bonds. The van der Waals surface area contributed by atoms with Gasteiger partial charge in [0.15, 0.2) is 0 Å². The molecule has 0 aliphatic heterocycles. The van der Waals surface area contributed by atoms with E-state index in [1.54, 1.807) is 42.7 Å². The summed E-state index contributed by atoms with van der Waals surface area (Å²) < 4.78 is 17.6. The van der Waals surface area contributed by atoms with Crippen molar-refractivity contribution in [2.75, 3.05) is 5.32 Å². The van der Waals surface area contributed by atoms with Crippen LogP contribution in [0.1, 0.15) is 56.9 Å². The average Bonchev–Trinajstić information content (AvgIpc) is 2.98. The minimum Gasteiger partial charge on any atom is -0.392 e. The number of hydrogen-bond acceptors (Lipinski definition) is 9. The summed E-state index contributed by atoms with van der Waals surface area (Å²) in [5, 5.41) is 26.0.